The summed E-state index contributed by atoms with van der Waals surface area (Å²) in [5.41, 5.74) is 0. The Bertz CT molecular complexity index is 173. The van der Waals surface area contributed by atoms with Crippen molar-refractivity contribution in [2.75, 3.05) is 6.61 Å². The lowest BCUT2D eigenvalue weighted by atomic mass is 9.99. The summed E-state index contributed by atoms with van der Waals surface area (Å²) in [6, 6.07) is 0. The minimum atomic E-state index is -1.76. The smallest absolute Gasteiger partial charge is 0.112 e. The molecule has 0 amide bonds. The predicted octanol–water partition coefficient (Wildman–Crippen LogP) is -3.03. The molecule has 0 aromatic heterocycles. The van der Waals surface area contributed by atoms with Gasteiger partial charge in [0, 0.05) is 0 Å². The summed E-state index contributed by atoms with van der Waals surface area (Å²) in [5.74, 6) is 0. The number of aliphatic hydroxyl groups is 6. The molecule has 6 N–H and O–H groups in total. The molecule has 0 unspecified atom stereocenters. The van der Waals surface area contributed by atoms with Gasteiger partial charge in [-0.1, -0.05) is 6.08 Å². The van der Waals surface area contributed by atoms with Gasteiger partial charge in [0.15, 0.2) is 0 Å². The summed E-state index contributed by atoms with van der Waals surface area (Å²) in [5, 5.41) is 53.9. The molecule has 0 spiro atoms. The minimum Gasteiger partial charge on any atom is -0.394 e. The summed E-state index contributed by atoms with van der Waals surface area (Å²) in [6.45, 7) is 2.42. The molecule has 0 aliphatic carbocycles. The first-order chi connectivity index (χ1) is 6.45. The third kappa shape index (κ3) is 3.33. The van der Waals surface area contributed by atoms with Gasteiger partial charge in [-0.05, 0) is 0 Å². The Morgan fingerprint density at radius 3 is 1.79 bits per heavy atom. The third-order valence-electron chi connectivity index (χ3n) is 1.87. The minimum absolute atomic E-state index is 0.755. The van der Waals surface area contributed by atoms with Gasteiger partial charge in [-0.3, -0.25) is 0 Å². The summed E-state index contributed by atoms with van der Waals surface area (Å²) in [4.78, 5) is 0. The van der Waals surface area contributed by atoms with Crippen LogP contribution in [0.15, 0.2) is 12.7 Å². The van der Waals surface area contributed by atoms with Gasteiger partial charge in [0.25, 0.3) is 0 Å². The van der Waals surface area contributed by atoms with Crippen LogP contribution >= 0.6 is 0 Å². The Morgan fingerprint density at radius 2 is 1.43 bits per heavy atom. The number of hydrogen-bond donors (Lipinski definition) is 6. The SMILES string of the molecule is C=C[C@@H](O)[C@@H](O)[C@H](O)[C@H](O)[C@H](O)CO. The molecule has 0 fully saturated rings. The Kier molecular flexibility index (Phi) is 5.86. The van der Waals surface area contributed by atoms with Crippen molar-refractivity contribution in [2.24, 2.45) is 0 Å². The van der Waals surface area contributed by atoms with Crippen LogP contribution in [0.25, 0.3) is 0 Å². The highest BCUT2D eigenvalue weighted by molar-refractivity contribution is 4.91. The quantitative estimate of drug-likeness (QED) is 0.258. The van der Waals surface area contributed by atoms with Crippen LogP contribution in [0.5, 0.6) is 0 Å². The highest BCUT2D eigenvalue weighted by Crippen LogP contribution is 2.08. The second-order valence-corrected chi connectivity index (χ2v) is 2.95. The molecule has 0 radical (unpaired) electrons. The van der Waals surface area contributed by atoms with E-state index >= 15 is 0 Å². The number of rotatable bonds is 6. The van der Waals surface area contributed by atoms with E-state index in [0.717, 1.165) is 6.08 Å². The molecule has 14 heavy (non-hydrogen) atoms. The monoisotopic (exact) mass is 208 g/mol. The molecule has 6 nitrogen and oxygen atoms in total. The molecule has 5 atom stereocenters. The molecule has 0 rings (SSSR count). The largest absolute Gasteiger partial charge is 0.394 e. The molecule has 0 heterocycles. The summed E-state index contributed by atoms with van der Waals surface area (Å²) in [7, 11) is 0. The first kappa shape index (κ1) is 13.5. The van der Waals surface area contributed by atoms with Crippen LogP contribution in [-0.4, -0.2) is 67.8 Å². The maximum absolute atomic E-state index is 9.21. The van der Waals surface area contributed by atoms with E-state index in [9.17, 15) is 10.2 Å². The molecule has 6 heteroatoms. The fourth-order valence-corrected chi connectivity index (χ4v) is 0.879. The van der Waals surface area contributed by atoms with Gasteiger partial charge in [-0.25, -0.2) is 0 Å². The lowest BCUT2D eigenvalue weighted by Crippen LogP contribution is -2.49. The van der Waals surface area contributed by atoms with Crippen molar-refractivity contribution in [3.8, 4) is 0 Å². The lowest BCUT2D eigenvalue weighted by Gasteiger charge is -2.27. The molecule has 0 aliphatic heterocycles. The molecule has 0 aromatic rings. The highest BCUT2D eigenvalue weighted by atomic mass is 16.4. The van der Waals surface area contributed by atoms with Crippen molar-refractivity contribution in [3.05, 3.63) is 12.7 Å². The van der Waals surface area contributed by atoms with Crippen LogP contribution in [0.4, 0.5) is 0 Å². The van der Waals surface area contributed by atoms with Gasteiger partial charge in [-0.15, -0.1) is 6.58 Å². The Labute approximate surface area is 81.4 Å². The first-order valence-corrected chi connectivity index (χ1v) is 4.09. The van der Waals surface area contributed by atoms with E-state index in [1.165, 1.54) is 0 Å². The Morgan fingerprint density at radius 1 is 0.929 bits per heavy atom. The van der Waals surface area contributed by atoms with E-state index < -0.39 is 37.1 Å². The summed E-state index contributed by atoms with van der Waals surface area (Å²) < 4.78 is 0. The van der Waals surface area contributed by atoms with Crippen LogP contribution in [0, 0.1) is 0 Å². The molecule has 0 bridgehead atoms. The second kappa shape index (κ2) is 6.07. The maximum Gasteiger partial charge on any atom is 0.112 e. The first-order valence-electron chi connectivity index (χ1n) is 4.09. The van der Waals surface area contributed by atoms with Crippen molar-refractivity contribution in [1.29, 1.82) is 0 Å². The molecule has 84 valence electrons. The zero-order valence-corrected chi connectivity index (χ0v) is 7.56. The fraction of sp³-hybridized carbons (Fsp3) is 0.750. The standard InChI is InChI=1S/C8H16O6/c1-2-4(10)6(12)8(14)7(13)5(11)3-9/h2,4-14H,1,3H2/t4-,5-,6-,7-,8+/m1/s1. The van der Waals surface area contributed by atoms with Gasteiger partial charge in [0.2, 0.25) is 0 Å². The zero-order valence-electron chi connectivity index (χ0n) is 7.56. The molecule has 0 saturated heterocycles. The van der Waals surface area contributed by atoms with Gasteiger partial charge >= 0.3 is 0 Å². The zero-order chi connectivity index (χ0) is 11.3. The predicted molar refractivity (Wildman–Crippen MR) is 47.3 cm³/mol. The van der Waals surface area contributed by atoms with Crippen LogP contribution in [-0.2, 0) is 0 Å². The van der Waals surface area contributed by atoms with Gasteiger partial charge in [0.05, 0.1) is 6.61 Å². The highest BCUT2D eigenvalue weighted by Gasteiger charge is 2.32. The van der Waals surface area contributed by atoms with Gasteiger partial charge < -0.3 is 30.6 Å². The van der Waals surface area contributed by atoms with Crippen LogP contribution in [0.3, 0.4) is 0 Å². The van der Waals surface area contributed by atoms with Gasteiger partial charge in [0.1, 0.15) is 30.5 Å². The Balaban J connectivity index is 4.29. The normalized spacial score (nSPS) is 22.1. The van der Waals surface area contributed by atoms with Gasteiger partial charge in [-0.2, -0.15) is 0 Å². The molecule has 0 saturated carbocycles. The van der Waals surface area contributed by atoms with Crippen molar-refractivity contribution in [1.82, 2.24) is 0 Å². The third-order valence-corrected chi connectivity index (χ3v) is 1.87. The average molecular weight is 208 g/mol. The summed E-state index contributed by atoms with van der Waals surface area (Å²) in [6.07, 6.45) is -7.16. The maximum atomic E-state index is 9.21. The number of hydrogen-bond acceptors (Lipinski definition) is 6. The molecule has 0 aromatic carbocycles. The van der Waals surface area contributed by atoms with Crippen LogP contribution in [0.1, 0.15) is 0 Å². The Hall–Kier alpha value is -0.500. The topological polar surface area (TPSA) is 121 Å². The second-order valence-electron chi connectivity index (χ2n) is 2.95. The molecular formula is C8H16O6. The fourth-order valence-electron chi connectivity index (χ4n) is 0.879. The van der Waals surface area contributed by atoms with Crippen LogP contribution < -0.4 is 0 Å². The van der Waals surface area contributed by atoms with Crippen molar-refractivity contribution in [2.45, 2.75) is 30.5 Å². The van der Waals surface area contributed by atoms with E-state index in [-0.39, 0.29) is 0 Å². The summed E-state index contributed by atoms with van der Waals surface area (Å²) >= 11 is 0. The number of aliphatic hydroxyl groups excluding tert-OH is 6. The van der Waals surface area contributed by atoms with Crippen molar-refractivity contribution < 1.29 is 30.6 Å². The molecular weight excluding hydrogens is 192 g/mol. The van der Waals surface area contributed by atoms with E-state index in [0.29, 0.717) is 0 Å². The average Bonchev–Trinajstić information content (AvgIpc) is 2.23. The van der Waals surface area contributed by atoms with E-state index in [1.807, 2.05) is 0 Å². The van der Waals surface area contributed by atoms with Crippen LogP contribution in [0.2, 0.25) is 0 Å². The van der Waals surface area contributed by atoms with Crippen molar-refractivity contribution >= 4 is 0 Å². The van der Waals surface area contributed by atoms with E-state index in [1.54, 1.807) is 0 Å². The van der Waals surface area contributed by atoms with Crippen molar-refractivity contribution in [3.63, 3.8) is 0 Å². The van der Waals surface area contributed by atoms with E-state index in [4.69, 9.17) is 20.4 Å². The molecule has 0 aliphatic rings. The lowest BCUT2D eigenvalue weighted by molar-refractivity contribution is -0.133. The van der Waals surface area contributed by atoms with E-state index in [2.05, 4.69) is 6.58 Å².